The summed E-state index contributed by atoms with van der Waals surface area (Å²) in [6, 6.07) is 0. The summed E-state index contributed by atoms with van der Waals surface area (Å²) in [7, 11) is 2.06. The summed E-state index contributed by atoms with van der Waals surface area (Å²) in [5.74, 6) is 2.46. The summed E-state index contributed by atoms with van der Waals surface area (Å²) >= 11 is 0. The van der Waals surface area contributed by atoms with Crippen LogP contribution in [0.1, 0.15) is 61.1 Å². The third-order valence-corrected chi connectivity index (χ3v) is 4.90. The SMILES string of the molecule is CCCc1nc(C2CN(Cc3cnn(C)c3C3CC3)CCO2)n[nH]1. The van der Waals surface area contributed by atoms with Gasteiger partial charge in [-0.1, -0.05) is 6.92 Å². The number of hydrogen-bond acceptors (Lipinski definition) is 5. The molecule has 1 saturated heterocycles. The van der Waals surface area contributed by atoms with E-state index in [4.69, 9.17) is 4.74 Å². The van der Waals surface area contributed by atoms with E-state index in [0.29, 0.717) is 5.92 Å². The first-order valence-corrected chi connectivity index (χ1v) is 9.00. The van der Waals surface area contributed by atoms with Gasteiger partial charge in [0, 0.05) is 50.3 Å². The van der Waals surface area contributed by atoms with Crippen LogP contribution in [-0.2, 0) is 24.8 Å². The molecule has 7 nitrogen and oxygen atoms in total. The van der Waals surface area contributed by atoms with E-state index < -0.39 is 0 Å². The van der Waals surface area contributed by atoms with E-state index in [1.807, 2.05) is 6.20 Å². The van der Waals surface area contributed by atoms with Crippen LogP contribution in [0.4, 0.5) is 0 Å². The summed E-state index contributed by atoms with van der Waals surface area (Å²) in [6.45, 7) is 5.59. The molecule has 130 valence electrons. The fraction of sp³-hybridized carbons (Fsp3) is 0.706. The lowest BCUT2D eigenvalue weighted by Crippen LogP contribution is -2.38. The van der Waals surface area contributed by atoms with Gasteiger partial charge in [-0.3, -0.25) is 14.7 Å². The predicted octanol–water partition coefficient (Wildman–Crippen LogP) is 1.94. The highest BCUT2D eigenvalue weighted by Gasteiger charge is 2.31. The zero-order valence-corrected chi connectivity index (χ0v) is 14.5. The second-order valence-electron chi connectivity index (χ2n) is 6.94. The van der Waals surface area contributed by atoms with E-state index in [0.717, 1.165) is 50.7 Å². The van der Waals surface area contributed by atoms with Crippen molar-refractivity contribution in [2.24, 2.45) is 7.05 Å². The number of nitrogens with one attached hydrogen (secondary N) is 1. The van der Waals surface area contributed by atoms with Crippen molar-refractivity contribution in [2.75, 3.05) is 19.7 Å². The number of H-pyrrole nitrogens is 1. The van der Waals surface area contributed by atoms with Gasteiger partial charge in [0.1, 0.15) is 11.9 Å². The average Bonchev–Trinajstić information content (AvgIpc) is 3.19. The maximum atomic E-state index is 5.91. The van der Waals surface area contributed by atoms with E-state index >= 15 is 0 Å². The third-order valence-electron chi connectivity index (χ3n) is 4.90. The maximum Gasteiger partial charge on any atom is 0.180 e. The van der Waals surface area contributed by atoms with Crippen molar-refractivity contribution >= 4 is 0 Å². The van der Waals surface area contributed by atoms with Crippen molar-refractivity contribution in [1.29, 1.82) is 0 Å². The van der Waals surface area contributed by atoms with E-state index in [1.165, 1.54) is 24.1 Å². The van der Waals surface area contributed by atoms with Gasteiger partial charge in [-0.05, 0) is 19.3 Å². The highest BCUT2D eigenvalue weighted by Crippen LogP contribution is 2.41. The van der Waals surface area contributed by atoms with Crippen molar-refractivity contribution in [1.82, 2.24) is 29.9 Å². The Kier molecular flexibility index (Phi) is 4.37. The van der Waals surface area contributed by atoms with Crippen molar-refractivity contribution in [3.63, 3.8) is 0 Å². The molecular weight excluding hydrogens is 304 g/mol. The van der Waals surface area contributed by atoms with Crippen molar-refractivity contribution < 1.29 is 4.74 Å². The molecule has 2 aliphatic rings. The third kappa shape index (κ3) is 3.23. The molecule has 0 aromatic carbocycles. The van der Waals surface area contributed by atoms with Gasteiger partial charge in [-0.25, -0.2) is 4.98 Å². The van der Waals surface area contributed by atoms with Crippen LogP contribution >= 0.6 is 0 Å². The Morgan fingerprint density at radius 1 is 1.38 bits per heavy atom. The maximum absolute atomic E-state index is 5.91. The molecule has 1 N–H and O–H groups in total. The molecule has 0 radical (unpaired) electrons. The van der Waals surface area contributed by atoms with Crippen LogP contribution in [0.2, 0.25) is 0 Å². The molecule has 0 spiro atoms. The molecule has 7 heteroatoms. The number of aryl methyl sites for hydroxylation is 2. The molecule has 3 heterocycles. The van der Waals surface area contributed by atoms with Crippen LogP contribution in [-0.4, -0.2) is 49.6 Å². The number of nitrogens with zero attached hydrogens (tertiary/aromatic N) is 5. The van der Waals surface area contributed by atoms with E-state index in [2.05, 4.69) is 43.8 Å². The Bertz CT molecular complexity index is 689. The van der Waals surface area contributed by atoms with Crippen LogP contribution in [0.5, 0.6) is 0 Å². The lowest BCUT2D eigenvalue weighted by atomic mass is 10.1. The molecule has 1 aliphatic carbocycles. The predicted molar refractivity (Wildman–Crippen MR) is 89.5 cm³/mol. The Morgan fingerprint density at radius 3 is 3.04 bits per heavy atom. The smallest absolute Gasteiger partial charge is 0.180 e. The number of ether oxygens (including phenoxy) is 1. The summed E-state index contributed by atoms with van der Waals surface area (Å²) in [6.07, 6.45) is 6.60. The standard InChI is InChI=1S/C17H26N6O/c1-3-4-15-19-17(21-20-15)14-11-23(7-8-24-14)10-13-9-18-22(2)16(13)12-5-6-12/h9,12,14H,3-8,10-11H2,1-2H3,(H,19,20,21). The molecule has 0 amide bonds. The van der Waals surface area contributed by atoms with E-state index in [-0.39, 0.29) is 6.10 Å². The first-order chi connectivity index (χ1) is 11.7. The number of rotatable bonds is 6. The van der Waals surface area contributed by atoms with E-state index in [1.54, 1.807) is 0 Å². The second-order valence-corrected chi connectivity index (χ2v) is 6.94. The molecule has 1 atom stereocenters. The normalized spacial score (nSPS) is 22.2. The Hall–Kier alpha value is -1.73. The van der Waals surface area contributed by atoms with Gasteiger partial charge in [0.25, 0.3) is 0 Å². The van der Waals surface area contributed by atoms with E-state index in [9.17, 15) is 0 Å². The van der Waals surface area contributed by atoms with Crippen LogP contribution in [0.25, 0.3) is 0 Å². The quantitative estimate of drug-likeness (QED) is 0.876. The highest BCUT2D eigenvalue weighted by atomic mass is 16.5. The number of aromatic amines is 1. The molecule has 2 aromatic heterocycles. The number of hydrogen-bond donors (Lipinski definition) is 1. The van der Waals surface area contributed by atoms with Gasteiger partial charge in [-0.2, -0.15) is 10.2 Å². The minimum atomic E-state index is -0.0401. The highest BCUT2D eigenvalue weighted by molar-refractivity contribution is 5.25. The summed E-state index contributed by atoms with van der Waals surface area (Å²) in [4.78, 5) is 7.03. The summed E-state index contributed by atoms with van der Waals surface area (Å²) in [5.41, 5.74) is 2.78. The molecule has 0 bridgehead atoms. The van der Waals surface area contributed by atoms with Gasteiger partial charge >= 0.3 is 0 Å². The molecule has 2 fully saturated rings. The molecule has 24 heavy (non-hydrogen) atoms. The van der Waals surface area contributed by atoms with Crippen LogP contribution in [0, 0.1) is 0 Å². The van der Waals surface area contributed by atoms with Crippen molar-refractivity contribution in [3.05, 3.63) is 29.1 Å². The Morgan fingerprint density at radius 2 is 2.25 bits per heavy atom. The van der Waals surface area contributed by atoms with Gasteiger partial charge < -0.3 is 4.74 Å². The topological polar surface area (TPSA) is 71.9 Å². The van der Waals surface area contributed by atoms with Crippen molar-refractivity contribution in [3.8, 4) is 0 Å². The monoisotopic (exact) mass is 330 g/mol. The Labute approximate surface area is 142 Å². The average molecular weight is 330 g/mol. The molecule has 1 saturated carbocycles. The number of morpholine rings is 1. The summed E-state index contributed by atoms with van der Waals surface area (Å²) < 4.78 is 7.96. The molecule has 2 aromatic rings. The first kappa shape index (κ1) is 15.8. The van der Waals surface area contributed by atoms with Gasteiger partial charge in [0.05, 0.1) is 12.8 Å². The van der Waals surface area contributed by atoms with Crippen LogP contribution in [0.15, 0.2) is 6.20 Å². The van der Waals surface area contributed by atoms with Crippen molar-refractivity contribution in [2.45, 2.75) is 51.2 Å². The zero-order valence-electron chi connectivity index (χ0n) is 14.5. The van der Waals surface area contributed by atoms with Gasteiger partial charge in [-0.15, -0.1) is 0 Å². The lowest BCUT2D eigenvalue weighted by molar-refractivity contribution is -0.0371. The molecule has 4 rings (SSSR count). The number of aromatic nitrogens is 5. The largest absolute Gasteiger partial charge is 0.367 e. The second kappa shape index (κ2) is 6.64. The molecule has 1 unspecified atom stereocenters. The molecular formula is C17H26N6O. The van der Waals surface area contributed by atoms with Gasteiger partial charge in [0.15, 0.2) is 5.82 Å². The Balaban J connectivity index is 1.43. The van der Waals surface area contributed by atoms with Gasteiger partial charge in [0.2, 0.25) is 0 Å². The van der Waals surface area contributed by atoms with Crippen LogP contribution in [0.3, 0.4) is 0 Å². The fourth-order valence-electron chi connectivity index (χ4n) is 3.54. The lowest BCUT2D eigenvalue weighted by Gasteiger charge is -2.31. The fourth-order valence-corrected chi connectivity index (χ4v) is 3.54. The minimum Gasteiger partial charge on any atom is -0.367 e. The zero-order chi connectivity index (χ0) is 16.5. The van der Waals surface area contributed by atoms with Crippen LogP contribution < -0.4 is 0 Å². The molecule has 1 aliphatic heterocycles. The summed E-state index contributed by atoms with van der Waals surface area (Å²) in [5, 5.41) is 11.9. The minimum absolute atomic E-state index is 0.0401. The first-order valence-electron chi connectivity index (χ1n) is 9.00.